The van der Waals surface area contributed by atoms with Crippen LogP contribution >= 0.6 is 11.8 Å². The smallest absolute Gasteiger partial charge is 0.356 e. The highest BCUT2D eigenvalue weighted by Crippen LogP contribution is 2.45. The molecule has 8 heteroatoms. The molecule has 0 aliphatic carbocycles. The Morgan fingerprint density at radius 2 is 1.43 bits per heavy atom. The lowest BCUT2D eigenvalue weighted by Gasteiger charge is -2.51. The summed E-state index contributed by atoms with van der Waals surface area (Å²) in [7, 11) is 1.55. The molecular formula is C29H26N2O5S. The molecule has 188 valence electrons. The van der Waals surface area contributed by atoms with Gasteiger partial charge in [0.25, 0.3) is 11.8 Å². The zero-order valence-corrected chi connectivity index (χ0v) is 21.2. The number of carbonyl (C=O) groups excluding carboxylic acids is 3. The second kappa shape index (κ2) is 10.6. The normalized spacial score (nSPS) is 20.8. The SMILES string of the molecule is CO[C@H]1S[C@H]2[C@@H](NC(=O)c3ccccc3)C(=O)N2C(C(=O)OC(c2ccccc2)c2ccccc2)=C1C. The molecule has 2 amide bonds. The van der Waals surface area contributed by atoms with E-state index < -0.39 is 28.9 Å². The molecule has 5 rings (SSSR count). The van der Waals surface area contributed by atoms with Crippen LogP contribution in [0.1, 0.15) is 34.5 Å². The number of rotatable bonds is 7. The van der Waals surface area contributed by atoms with Crippen LogP contribution < -0.4 is 5.32 Å². The highest BCUT2D eigenvalue weighted by atomic mass is 32.2. The van der Waals surface area contributed by atoms with Crippen molar-refractivity contribution < 1.29 is 23.9 Å². The van der Waals surface area contributed by atoms with Crippen molar-refractivity contribution in [1.29, 1.82) is 0 Å². The van der Waals surface area contributed by atoms with E-state index in [2.05, 4.69) is 5.32 Å². The summed E-state index contributed by atoms with van der Waals surface area (Å²) in [5.74, 6) is -1.33. The van der Waals surface area contributed by atoms with Crippen molar-refractivity contribution in [3.63, 3.8) is 0 Å². The second-order valence-corrected chi connectivity index (χ2v) is 9.94. The Bertz CT molecular complexity index is 1290. The Balaban J connectivity index is 1.42. The molecule has 0 bridgehead atoms. The van der Waals surface area contributed by atoms with Gasteiger partial charge in [-0.1, -0.05) is 90.6 Å². The quantitative estimate of drug-likeness (QED) is 0.374. The minimum atomic E-state index is -0.787. The van der Waals surface area contributed by atoms with Gasteiger partial charge in [-0.25, -0.2) is 4.79 Å². The van der Waals surface area contributed by atoms with Crippen molar-refractivity contribution in [2.75, 3.05) is 7.11 Å². The predicted molar refractivity (Wildman–Crippen MR) is 140 cm³/mol. The molecule has 0 unspecified atom stereocenters. The summed E-state index contributed by atoms with van der Waals surface area (Å²) >= 11 is 1.37. The number of ether oxygens (including phenoxy) is 2. The van der Waals surface area contributed by atoms with Gasteiger partial charge in [0.2, 0.25) is 0 Å². The van der Waals surface area contributed by atoms with E-state index in [1.807, 2.05) is 66.7 Å². The van der Waals surface area contributed by atoms with Gasteiger partial charge in [0.1, 0.15) is 22.5 Å². The summed E-state index contributed by atoms with van der Waals surface area (Å²) in [4.78, 5) is 41.1. The number of methoxy groups -OCH3 is 1. The van der Waals surface area contributed by atoms with Gasteiger partial charge in [-0.15, -0.1) is 0 Å². The maximum atomic E-state index is 13.7. The van der Waals surface area contributed by atoms with Gasteiger partial charge in [-0.3, -0.25) is 14.5 Å². The van der Waals surface area contributed by atoms with E-state index in [0.717, 1.165) is 11.1 Å². The van der Waals surface area contributed by atoms with E-state index in [4.69, 9.17) is 9.47 Å². The largest absolute Gasteiger partial charge is 0.448 e. The first kappa shape index (κ1) is 24.8. The molecule has 37 heavy (non-hydrogen) atoms. The highest BCUT2D eigenvalue weighted by Gasteiger charge is 2.56. The number of β-lactam (4-membered cyclic amide) rings is 1. The summed E-state index contributed by atoms with van der Waals surface area (Å²) in [5, 5.41) is 2.31. The van der Waals surface area contributed by atoms with Gasteiger partial charge in [0, 0.05) is 12.7 Å². The van der Waals surface area contributed by atoms with Crippen LogP contribution in [-0.4, -0.2) is 46.6 Å². The highest BCUT2D eigenvalue weighted by molar-refractivity contribution is 8.00. The van der Waals surface area contributed by atoms with Gasteiger partial charge in [-0.2, -0.15) is 0 Å². The van der Waals surface area contributed by atoms with Gasteiger partial charge >= 0.3 is 5.97 Å². The molecule has 3 atom stereocenters. The van der Waals surface area contributed by atoms with Crippen molar-refractivity contribution in [3.05, 3.63) is 119 Å². The number of amides is 2. The van der Waals surface area contributed by atoms with Crippen LogP contribution in [0.3, 0.4) is 0 Å². The van der Waals surface area contributed by atoms with Crippen LogP contribution in [0.15, 0.2) is 102 Å². The van der Waals surface area contributed by atoms with Gasteiger partial charge in [0.05, 0.1) is 0 Å². The Morgan fingerprint density at radius 1 is 0.892 bits per heavy atom. The van der Waals surface area contributed by atoms with Crippen molar-refractivity contribution >= 4 is 29.5 Å². The van der Waals surface area contributed by atoms with E-state index in [9.17, 15) is 14.4 Å². The Labute approximate surface area is 219 Å². The van der Waals surface area contributed by atoms with Gasteiger partial charge < -0.3 is 14.8 Å². The van der Waals surface area contributed by atoms with Crippen LogP contribution in [-0.2, 0) is 19.1 Å². The molecule has 2 aliphatic rings. The van der Waals surface area contributed by atoms with Crippen molar-refractivity contribution in [3.8, 4) is 0 Å². The first-order valence-electron chi connectivity index (χ1n) is 11.9. The molecule has 2 aliphatic heterocycles. The summed E-state index contributed by atoms with van der Waals surface area (Å²) in [6.45, 7) is 1.76. The summed E-state index contributed by atoms with van der Waals surface area (Å²) in [6.07, 6.45) is -0.658. The summed E-state index contributed by atoms with van der Waals surface area (Å²) < 4.78 is 11.7. The van der Waals surface area contributed by atoms with E-state index in [1.54, 1.807) is 38.3 Å². The van der Waals surface area contributed by atoms with E-state index in [1.165, 1.54) is 16.7 Å². The van der Waals surface area contributed by atoms with E-state index in [0.29, 0.717) is 11.1 Å². The van der Waals surface area contributed by atoms with Gasteiger partial charge in [-0.05, 0) is 35.8 Å². The van der Waals surface area contributed by atoms with Gasteiger partial charge in [0.15, 0.2) is 6.10 Å². The van der Waals surface area contributed by atoms with Crippen LogP contribution in [0.5, 0.6) is 0 Å². The molecule has 0 spiro atoms. The summed E-state index contributed by atoms with van der Waals surface area (Å²) in [5.41, 5.74) is 2.36. The number of esters is 1. The van der Waals surface area contributed by atoms with Crippen LogP contribution in [0, 0.1) is 0 Å². The summed E-state index contributed by atoms with van der Waals surface area (Å²) in [6, 6.07) is 26.8. The van der Waals surface area contributed by atoms with Crippen molar-refractivity contribution in [1.82, 2.24) is 10.2 Å². The average Bonchev–Trinajstić information content (AvgIpc) is 2.95. The number of benzene rings is 3. The molecule has 3 aromatic rings. The fourth-order valence-electron chi connectivity index (χ4n) is 4.56. The Kier molecular flexibility index (Phi) is 7.12. The van der Waals surface area contributed by atoms with E-state index >= 15 is 0 Å². The fourth-order valence-corrected chi connectivity index (χ4v) is 5.91. The zero-order valence-electron chi connectivity index (χ0n) is 20.4. The molecule has 1 fully saturated rings. The maximum absolute atomic E-state index is 13.7. The molecule has 0 aromatic heterocycles. The lowest BCUT2D eigenvalue weighted by atomic mass is 10.0. The minimum absolute atomic E-state index is 0.155. The Hall–Kier alpha value is -3.88. The number of fused-ring (bicyclic) bond motifs is 1. The van der Waals surface area contributed by atoms with Crippen molar-refractivity contribution in [2.45, 2.75) is 29.9 Å². The van der Waals surface area contributed by atoms with Crippen molar-refractivity contribution in [2.24, 2.45) is 0 Å². The zero-order chi connectivity index (χ0) is 25.9. The van der Waals surface area contributed by atoms with E-state index in [-0.39, 0.29) is 17.5 Å². The minimum Gasteiger partial charge on any atom is -0.448 e. The predicted octanol–water partition coefficient (Wildman–Crippen LogP) is 4.28. The molecule has 3 aromatic carbocycles. The first-order valence-corrected chi connectivity index (χ1v) is 12.8. The maximum Gasteiger partial charge on any atom is 0.356 e. The lowest BCUT2D eigenvalue weighted by Crippen LogP contribution is -2.71. The molecular weight excluding hydrogens is 488 g/mol. The third kappa shape index (κ3) is 4.77. The molecule has 1 N–H and O–H groups in total. The Morgan fingerprint density at radius 3 is 1.97 bits per heavy atom. The monoisotopic (exact) mass is 514 g/mol. The average molecular weight is 515 g/mol. The molecule has 7 nitrogen and oxygen atoms in total. The number of thioether (sulfide) groups is 1. The molecule has 1 saturated heterocycles. The lowest BCUT2D eigenvalue weighted by molar-refractivity contribution is -0.154. The number of carbonyl (C=O) groups is 3. The number of nitrogens with one attached hydrogen (secondary N) is 1. The topological polar surface area (TPSA) is 84.9 Å². The number of nitrogens with zero attached hydrogens (tertiary/aromatic N) is 1. The molecule has 2 heterocycles. The van der Waals surface area contributed by atoms with Crippen LogP contribution in [0.25, 0.3) is 0 Å². The third-order valence-corrected chi connectivity index (χ3v) is 7.99. The second-order valence-electron chi connectivity index (χ2n) is 8.76. The number of hydrogen-bond acceptors (Lipinski definition) is 6. The third-order valence-electron chi connectivity index (χ3n) is 6.43. The number of hydrogen-bond donors (Lipinski definition) is 1. The first-order chi connectivity index (χ1) is 18.0. The van der Waals surface area contributed by atoms with Crippen LogP contribution in [0.2, 0.25) is 0 Å². The van der Waals surface area contributed by atoms with Crippen LogP contribution in [0.4, 0.5) is 0 Å². The molecule has 0 saturated carbocycles. The molecule has 0 radical (unpaired) electrons. The fraction of sp³-hybridized carbons (Fsp3) is 0.207. The standard InChI is InChI=1S/C29H26N2O5S/c1-18-23(28(34)36-24(19-12-6-3-7-13-19)20-14-8-4-9-15-20)31-26(33)22(27(31)37-29(18)35-2)30-25(32)21-16-10-5-11-17-21/h3-17,22,24,27,29H,1-2H3,(H,30,32)/t22-,27-,29-/m0/s1.